The number of fused-ring (bicyclic) bond motifs is 3. The molecule has 2 aromatic heterocycles. The summed E-state index contributed by atoms with van der Waals surface area (Å²) in [5.41, 5.74) is 0.597. The summed E-state index contributed by atoms with van der Waals surface area (Å²) >= 11 is 6.45. The number of aromatic nitrogens is 3. The monoisotopic (exact) mass is 289 g/mol. The first kappa shape index (κ1) is 13.2. The first-order valence-electron chi connectivity index (χ1n) is 6.52. The van der Waals surface area contributed by atoms with Gasteiger partial charge >= 0.3 is 0 Å². The summed E-state index contributed by atoms with van der Waals surface area (Å²) in [6, 6.07) is 7.70. The van der Waals surface area contributed by atoms with Crippen LogP contribution in [0.2, 0.25) is 0 Å². The lowest BCUT2D eigenvalue weighted by Crippen LogP contribution is -2.20. The topological polar surface area (TPSA) is 50.7 Å². The number of rotatable bonds is 1. The summed E-state index contributed by atoms with van der Waals surface area (Å²) in [5, 5.41) is 6.18. The zero-order valence-electron chi connectivity index (χ0n) is 11.6. The van der Waals surface area contributed by atoms with Gasteiger partial charge in [0.25, 0.3) is 5.56 Å². The highest BCUT2D eigenvalue weighted by Gasteiger charge is 2.25. The molecule has 0 bridgehead atoms. The second-order valence-corrected chi connectivity index (χ2v) is 6.49. The fourth-order valence-corrected chi connectivity index (χ4v) is 2.38. The zero-order valence-corrected chi connectivity index (χ0v) is 12.4. The van der Waals surface area contributed by atoms with Crippen molar-refractivity contribution in [2.45, 2.75) is 26.3 Å². The van der Waals surface area contributed by atoms with Crippen LogP contribution >= 0.6 is 11.6 Å². The van der Waals surface area contributed by atoms with Gasteiger partial charge in [-0.1, -0.05) is 50.6 Å². The Balaban J connectivity index is 2.33. The second kappa shape index (κ2) is 4.35. The van der Waals surface area contributed by atoms with Crippen molar-refractivity contribution in [1.29, 1.82) is 0 Å². The van der Waals surface area contributed by atoms with E-state index >= 15 is 0 Å². The summed E-state index contributed by atoms with van der Waals surface area (Å²) in [5.74, 6) is 0. The van der Waals surface area contributed by atoms with Gasteiger partial charge in [-0.25, -0.2) is 0 Å². The van der Waals surface area contributed by atoms with Crippen LogP contribution in [0.5, 0.6) is 0 Å². The molecule has 0 amide bonds. The largest absolute Gasteiger partial charge is 0.320 e. The minimum Gasteiger partial charge on any atom is -0.320 e. The molecule has 1 N–H and O–H groups in total. The van der Waals surface area contributed by atoms with Crippen molar-refractivity contribution in [2.75, 3.05) is 0 Å². The zero-order chi connectivity index (χ0) is 14.5. The normalized spacial score (nSPS) is 14.0. The number of nitrogens with one attached hydrogen (secondary N) is 1. The molecular formula is C15H16ClN3O. The van der Waals surface area contributed by atoms with Crippen molar-refractivity contribution in [2.24, 2.45) is 5.41 Å². The van der Waals surface area contributed by atoms with E-state index in [1.165, 1.54) is 0 Å². The Bertz CT molecular complexity index is 842. The van der Waals surface area contributed by atoms with E-state index in [0.717, 1.165) is 16.3 Å². The highest BCUT2D eigenvalue weighted by molar-refractivity contribution is 6.19. The third-order valence-electron chi connectivity index (χ3n) is 3.36. The van der Waals surface area contributed by atoms with E-state index in [1.807, 2.05) is 51.2 Å². The summed E-state index contributed by atoms with van der Waals surface area (Å²) in [7, 11) is 0. The quantitative estimate of drug-likeness (QED) is 0.695. The fourth-order valence-electron chi connectivity index (χ4n) is 2.28. The maximum atomic E-state index is 12.1. The van der Waals surface area contributed by atoms with Crippen LogP contribution in [-0.4, -0.2) is 14.8 Å². The molecule has 1 atom stereocenters. The standard InChI is InChI=1S/C15H16ClN3O/c1-15(2,3)14(16)19-8-10-9-6-4-5-7-11(9)17-13(20)12(10)18-19/h4-8,14H,1-3H3,(H,17,20). The van der Waals surface area contributed by atoms with Gasteiger partial charge in [0.05, 0.1) is 0 Å². The minimum absolute atomic E-state index is 0.147. The van der Waals surface area contributed by atoms with Gasteiger partial charge in [-0.2, -0.15) is 5.10 Å². The Morgan fingerprint density at radius 2 is 1.95 bits per heavy atom. The van der Waals surface area contributed by atoms with Crippen LogP contribution in [0.1, 0.15) is 26.3 Å². The molecule has 0 saturated heterocycles. The van der Waals surface area contributed by atoms with Gasteiger partial charge in [0.1, 0.15) is 5.50 Å². The molecule has 20 heavy (non-hydrogen) atoms. The number of para-hydroxylation sites is 1. The molecule has 104 valence electrons. The van der Waals surface area contributed by atoms with E-state index in [1.54, 1.807) is 4.68 Å². The van der Waals surface area contributed by atoms with E-state index in [2.05, 4.69) is 10.1 Å². The molecule has 1 aromatic carbocycles. The van der Waals surface area contributed by atoms with Crippen LogP contribution in [-0.2, 0) is 0 Å². The molecule has 2 heterocycles. The molecule has 0 fully saturated rings. The lowest BCUT2D eigenvalue weighted by molar-refractivity contribution is 0.308. The maximum Gasteiger partial charge on any atom is 0.276 e. The van der Waals surface area contributed by atoms with E-state index < -0.39 is 0 Å². The first-order chi connectivity index (χ1) is 9.38. The van der Waals surface area contributed by atoms with E-state index in [-0.39, 0.29) is 16.5 Å². The third kappa shape index (κ3) is 2.00. The number of pyridine rings is 1. The molecule has 5 heteroatoms. The molecule has 0 saturated carbocycles. The van der Waals surface area contributed by atoms with Crippen LogP contribution in [0.3, 0.4) is 0 Å². The molecule has 0 aliphatic carbocycles. The van der Waals surface area contributed by atoms with Crippen molar-refractivity contribution < 1.29 is 0 Å². The fraction of sp³-hybridized carbons (Fsp3) is 0.333. The van der Waals surface area contributed by atoms with Crippen molar-refractivity contribution in [3.05, 3.63) is 40.8 Å². The van der Waals surface area contributed by atoms with Gasteiger partial charge in [0.15, 0.2) is 5.52 Å². The van der Waals surface area contributed by atoms with Gasteiger partial charge in [-0.15, -0.1) is 0 Å². The number of alkyl halides is 1. The SMILES string of the molecule is CC(C)(C)C(Cl)n1cc2c(n1)c(=O)[nH]c1ccccc12. The predicted molar refractivity (Wildman–Crippen MR) is 82.2 cm³/mol. The average molecular weight is 290 g/mol. The number of nitrogens with zero attached hydrogens (tertiary/aromatic N) is 2. The van der Waals surface area contributed by atoms with Crippen molar-refractivity contribution in [3.8, 4) is 0 Å². The summed E-state index contributed by atoms with van der Waals surface area (Å²) in [6.07, 6.45) is 1.86. The summed E-state index contributed by atoms with van der Waals surface area (Å²) < 4.78 is 1.67. The highest BCUT2D eigenvalue weighted by Crippen LogP contribution is 2.34. The van der Waals surface area contributed by atoms with Crippen molar-refractivity contribution >= 4 is 33.4 Å². The van der Waals surface area contributed by atoms with Gasteiger partial charge in [-0.3, -0.25) is 9.48 Å². The molecule has 3 aromatic rings. The molecule has 1 unspecified atom stereocenters. The number of halogens is 1. The Labute approximate surface area is 121 Å². The molecule has 4 nitrogen and oxygen atoms in total. The highest BCUT2D eigenvalue weighted by atomic mass is 35.5. The average Bonchev–Trinajstić information content (AvgIpc) is 2.82. The summed E-state index contributed by atoms with van der Waals surface area (Å²) in [6.45, 7) is 6.12. The number of H-pyrrole nitrogens is 1. The maximum absolute atomic E-state index is 12.1. The smallest absolute Gasteiger partial charge is 0.276 e. The van der Waals surface area contributed by atoms with Crippen LogP contribution in [0.15, 0.2) is 35.3 Å². The van der Waals surface area contributed by atoms with E-state index in [0.29, 0.717) is 5.52 Å². The van der Waals surface area contributed by atoms with Crippen LogP contribution in [0, 0.1) is 5.41 Å². The molecule has 0 aliphatic rings. The first-order valence-corrected chi connectivity index (χ1v) is 6.95. The van der Waals surface area contributed by atoms with Gasteiger partial charge in [-0.05, 0) is 11.5 Å². The van der Waals surface area contributed by atoms with Crippen LogP contribution in [0.4, 0.5) is 0 Å². The number of hydrogen-bond donors (Lipinski definition) is 1. The van der Waals surface area contributed by atoms with Gasteiger partial charge < -0.3 is 4.98 Å². The number of benzene rings is 1. The molecule has 3 rings (SSSR count). The van der Waals surface area contributed by atoms with Gasteiger partial charge in [0, 0.05) is 22.5 Å². The molecule has 0 spiro atoms. The van der Waals surface area contributed by atoms with Crippen LogP contribution < -0.4 is 5.56 Å². The lowest BCUT2D eigenvalue weighted by atomic mass is 9.97. The Kier molecular flexibility index (Phi) is 2.87. The minimum atomic E-state index is -0.312. The van der Waals surface area contributed by atoms with Crippen LogP contribution in [0.25, 0.3) is 21.8 Å². The van der Waals surface area contributed by atoms with Crippen molar-refractivity contribution in [3.63, 3.8) is 0 Å². The summed E-state index contributed by atoms with van der Waals surface area (Å²) in [4.78, 5) is 15.0. The van der Waals surface area contributed by atoms with E-state index in [4.69, 9.17) is 11.6 Å². The number of hydrogen-bond acceptors (Lipinski definition) is 2. The Morgan fingerprint density at radius 3 is 2.65 bits per heavy atom. The predicted octanol–water partition coefficient (Wildman–Crippen LogP) is 3.66. The lowest BCUT2D eigenvalue weighted by Gasteiger charge is -2.24. The number of aromatic amines is 1. The van der Waals surface area contributed by atoms with E-state index in [9.17, 15) is 4.79 Å². The third-order valence-corrected chi connectivity index (χ3v) is 4.21. The molecule has 0 radical (unpaired) electrons. The second-order valence-electron chi connectivity index (χ2n) is 6.07. The Morgan fingerprint density at radius 1 is 1.25 bits per heavy atom. The van der Waals surface area contributed by atoms with Gasteiger partial charge in [0.2, 0.25) is 0 Å². The Hall–Kier alpha value is -1.81. The molecule has 0 aliphatic heterocycles. The van der Waals surface area contributed by atoms with Crippen molar-refractivity contribution in [1.82, 2.24) is 14.8 Å². The molecular weight excluding hydrogens is 274 g/mol.